The van der Waals surface area contributed by atoms with Crippen LogP contribution in [0.25, 0.3) is 0 Å². The molecule has 2 rings (SSSR count). The summed E-state index contributed by atoms with van der Waals surface area (Å²) in [6.45, 7) is -0.379. The van der Waals surface area contributed by atoms with E-state index in [-0.39, 0.29) is 17.2 Å². The number of ether oxygens (including phenoxy) is 1. The van der Waals surface area contributed by atoms with Crippen LogP contribution in [0.1, 0.15) is 11.7 Å². The van der Waals surface area contributed by atoms with E-state index in [0.29, 0.717) is 5.56 Å². The number of aromatic nitrogens is 2. The van der Waals surface area contributed by atoms with Gasteiger partial charge in [0.1, 0.15) is 29.1 Å². The molecule has 0 amide bonds. The zero-order valence-electron chi connectivity index (χ0n) is 9.72. The largest absolute Gasteiger partial charge is 0.394 e. The average Bonchev–Trinajstić information content (AvgIpc) is 2.61. The predicted molar refractivity (Wildman–Crippen MR) is 65.2 cm³/mol. The van der Waals surface area contributed by atoms with Crippen molar-refractivity contribution in [1.29, 1.82) is 0 Å². The van der Waals surface area contributed by atoms with E-state index >= 15 is 0 Å². The third kappa shape index (κ3) is 2.13. The normalized spacial score (nSPS) is 31.8. The highest BCUT2D eigenvalue weighted by atomic mass is 32.1. The van der Waals surface area contributed by atoms with E-state index in [1.54, 1.807) is 17.8 Å². The Bertz CT molecular complexity index is 506. The molecule has 1 fully saturated rings. The number of aliphatic hydroxyl groups excluding tert-OH is 3. The molecule has 18 heavy (non-hydrogen) atoms. The van der Waals surface area contributed by atoms with Crippen LogP contribution < -0.4 is 5.73 Å². The van der Waals surface area contributed by atoms with Gasteiger partial charge in [-0.05, 0) is 0 Å². The Morgan fingerprint density at radius 1 is 1.50 bits per heavy atom. The van der Waals surface area contributed by atoms with Crippen LogP contribution in [0.4, 0.5) is 5.95 Å². The van der Waals surface area contributed by atoms with Crippen molar-refractivity contribution in [2.45, 2.75) is 24.4 Å². The summed E-state index contributed by atoms with van der Waals surface area (Å²) < 4.78 is 7.14. The quantitative estimate of drug-likeness (QED) is 0.505. The molecule has 100 valence electrons. The minimum absolute atomic E-state index is 0.209. The first-order valence-electron chi connectivity index (χ1n) is 5.41. The molecule has 0 aliphatic carbocycles. The third-order valence-electron chi connectivity index (χ3n) is 3.01. The van der Waals surface area contributed by atoms with Crippen molar-refractivity contribution in [2.75, 3.05) is 12.3 Å². The van der Waals surface area contributed by atoms with Gasteiger partial charge in [-0.1, -0.05) is 12.2 Å². The molecule has 0 saturated carbocycles. The van der Waals surface area contributed by atoms with E-state index in [9.17, 15) is 10.2 Å². The van der Waals surface area contributed by atoms with Crippen molar-refractivity contribution in [3.8, 4) is 0 Å². The van der Waals surface area contributed by atoms with Crippen LogP contribution in [0.2, 0.25) is 0 Å². The molecule has 7 nitrogen and oxygen atoms in total. The first-order chi connectivity index (χ1) is 8.45. The number of hydrogen-bond acceptors (Lipinski definition) is 7. The molecule has 5 N–H and O–H groups in total. The van der Waals surface area contributed by atoms with Gasteiger partial charge >= 0.3 is 0 Å². The first-order valence-corrected chi connectivity index (χ1v) is 5.82. The van der Waals surface area contributed by atoms with Gasteiger partial charge in [0.15, 0.2) is 0 Å². The summed E-state index contributed by atoms with van der Waals surface area (Å²) in [7, 11) is 1.68. The van der Waals surface area contributed by atoms with E-state index in [1.807, 2.05) is 0 Å². The van der Waals surface area contributed by atoms with Gasteiger partial charge in [-0.25, -0.2) is 4.98 Å². The second kappa shape index (κ2) is 4.90. The van der Waals surface area contributed by atoms with Crippen molar-refractivity contribution < 1.29 is 20.1 Å². The number of aryl methyl sites for hydroxylation is 1. The number of nitrogens with two attached hydrogens (primary N) is 1. The molecule has 0 unspecified atom stereocenters. The van der Waals surface area contributed by atoms with Crippen molar-refractivity contribution in [1.82, 2.24) is 9.55 Å². The number of aliphatic hydroxyl groups is 3. The van der Waals surface area contributed by atoms with Crippen molar-refractivity contribution in [2.24, 2.45) is 7.05 Å². The number of nitrogens with zero attached hydrogens (tertiary/aromatic N) is 2. The van der Waals surface area contributed by atoms with Crippen LogP contribution in [0.5, 0.6) is 0 Å². The van der Waals surface area contributed by atoms with Gasteiger partial charge in [0.25, 0.3) is 0 Å². The van der Waals surface area contributed by atoms with Crippen LogP contribution >= 0.6 is 12.2 Å². The summed E-state index contributed by atoms with van der Waals surface area (Å²) in [5.41, 5.74) is 6.06. The second-order valence-corrected chi connectivity index (χ2v) is 4.62. The number of anilines is 1. The summed E-state index contributed by atoms with van der Waals surface area (Å²) in [5.74, 6) is 0.246. The smallest absolute Gasteiger partial charge is 0.201 e. The molecule has 2 heterocycles. The summed E-state index contributed by atoms with van der Waals surface area (Å²) >= 11 is 5.06. The lowest BCUT2D eigenvalue weighted by Gasteiger charge is -2.16. The molecule has 4 atom stereocenters. The van der Waals surface area contributed by atoms with Crippen molar-refractivity contribution >= 4 is 18.2 Å². The Labute approximate surface area is 108 Å². The lowest BCUT2D eigenvalue weighted by atomic mass is 10.0. The zero-order chi connectivity index (χ0) is 13.4. The standard InChI is InChI=1S/C10H15N3O4S/c1-13-2-4(9(18)12-10(13)11)8-7(16)6(15)5(3-14)17-8/h2,5-8,14-16H,3H2,1H3,(H2,11,12,18)/t5-,6-,7-,8+/m1/s1. The molecule has 1 aliphatic rings. The molecule has 1 aromatic heterocycles. The van der Waals surface area contributed by atoms with Gasteiger partial charge in [0, 0.05) is 18.8 Å². The second-order valence-electron chi connectivity index (χ2n) is 4.23. The Kier molecular flexibility index (Phi) is 3.64. The predicted octanol–water partition coefficient (Wildman–Crippen LogP) is -1.11. The highest BCUT2D eigenvalue weighted by Crippen LogP contribution is 2.33. The Morgan fingerprint density at radius 2 is 2.17 bits per heavy atom. The lowest BCUT2D eigenvalue weighted by molar-refractivity contribution is -0.0231. The van der Waals surface area contributed by atoms with E-state index < -0.39 is 24.4 Å². The molecule has 0 bridgehead atoms. The van der Waals surface area contributed by atoms with E-state index in [0.717, 1.165) is 0 Å². The maximum absolute atomic E-state index is 9.90. The molecule has 1 saturated heterocycles. The van der Waals surface area contributed by atoms with Crippen LogP contribution in [0, 0.1) is 4.64 Å². The minimum Gasteiger partial charge on any atom is -0.394 e. The maximum atomic E-state index is 9.90. The monoisotopic (exact) mass is 273 g/mol. The van der Waals surface area contributed by atoms with Gasteiger partial charge in [-0.3, -0.25) is 0 Å². The van der Waals surface area contributed by atoms with Gasteiger partial charge in [0.2, 0.25) is 5.95 Å². The van der Waals surface area contributed by atoms with Crippen LogP contribution in [-0.2, 0) is 11.8 Å². The van der Waals surface area contributed by atoms with Crippen molar-refractivity contribution in [3.63, 3.8) is 0 Å². The topological polar surface area (TPSA) is 114 Å². The summed E-state index contributed by atoms with van der Waals surface area (Å²) in [6, 6.07) is 0. The highest BCUT2D eigenvalue weighted by molar-refractivity contribution is 7.71. The fourth-order valence-corrected chi connectivity index (χ4v) is 2.19. The van der Waals surface area contributed by atoms with Crippen LogP contribution in [0.15, 0.2) is 6.20 Å². The SMILES string of the molecule is Cn1cc([C@@H]2O[C@H](CO)[C@@H](O)[C@H]2O)c(=S)nc1N. The van der Waals surface area contributed by atoms with Gasteiger partial charge in [0.05, 0.1) is 6.61 Å². The summed E-state index contributed by atoms with van der Waals surface area (Å²) in [5, 5.41) is 28.6. The summed E-state index contributed by atoms with van der Waals surface area (Å²) in [6.07, 6.45) is -2.36. The molecule has 0 radical (unpaired) electrons. The highest BCUT2D eigenvalue weighted by Gasteiger charge is 2.43. The molecule has 8 heteroatoms. The van der Waals surface area contributed by atoms with Crippen LogP contribution in [-0.4, -0.2) is 49.8 Å². The average molecular weight is 273 g/mol. The third-order valence-corrected chi connectivity index (χ3v) is 3.33. The molecule has 0 spiro atoms. The Balaban J connectivity index is 2.39. The van der Waals surface area contributed by atoms with Gasteiger partial charge < -0.3 is 30.4 Å². The Morgan fingerprint density at radius 3 is 2.72 bits per heavy atom. The zero-order valence-corrected chi connectivity index (χ0v) is 10.5. The molecular weight excluding hydrogens is 258 g/mol. The Hall–Kier alpha value is -1.06. The minimum atomic E-state index is -1.16. The fourth-order valence-electron chi connectivity index (χ4n) is 1.93. The molecule has 1 aromatic rings. The fraction of sp³-hybridized carbons (Fsp3) is 0.600. The van der Waals surface area contributed by atoms with E-state index in [2.05, 4.69) is 4.98 Å². The van der Waals surface area contributed by atoms with E-state index in [4.69, 9.17) is 27.8 Å². The maximum Gasteiger partial charge on any atom is 0.201 e. The number of hydrogen-bond donors (Lipinski definition) is 4. The lowest BCUT2D eigenvalue weighted by Crippen LogP contribution is -2.32. The summed E-state index contributed by atoms with van der Waals surface area (Å²) in [4.78, 5) is 3.95. The first kappa shape index (κ1) is 13.4. The van der Waals surface area contributed by atoms with Crippen LogP contribution in [0.3, 0.4) is 0 Å². The number of rotatable bonds is 2. The molecule has 1 aliphatic heterocycles. The van der Waals surface area contributed by atoms with Gasteiger partial charge in [-0.15, -0.1) is 0 Å². The van der Waals surface area contributed by atoms with Gasteiger partial charge in [-0.2, -0.15) is 0 Å². The van der Waals surface area contributed by atoms with E-state index in [1.165, 1.54) is 0 Å². The number of nitrogen functional groups attached to an aromatic ring is 1. The van der Waals surface area contributed by atoms with Crippen molar-refractivity contribution in [3.05, 3.63) is 16.4 Å². The molecular formula is C10H15N3O4S. The molecule has 0 aromatic carbocycles.